The highest BCUT2D eigenvalue weighted by Gasteiger charge is 2.75. The Balaban J connectivity index is 1.84. The molecule has 0 saturated carbocycles. The number of rotatable bonds is 4. The SMILES string of the molecule is CC[C@@H](C)[C@@]1(O)O[C@H]2C[C@@]3(C)OC(=CC3=O)/C(COC(C)=O)=C\C3OC(=O)[C@@]1(C)[C@@H]32. The van der Waals surface area contributed by atoms with Gasteiger partial charge in [0.25, 0.3) is 0 Å². The van der Waals surface area contributed by atoms with Crippen LogP contribution in [0.5, 0.6) is 0 Å². The van der Waals surface area contributed by atoms with Crippen LogP contribution < -0.4 is 0 Å². The van der Waals surface area contributed by atoms with E-state index >= 15 is 0 Å². The summed E-state index contributed by atoms with van der Waals surface area (Å²) in [4.78, 5) is 37.2. The van der Waals surface area contributed by atoms with Gasteiger partial charge in [0.2, 0.25) is 5.78 Å². The van der Waals surface area contributed by atoms with Crippen LogP contribution in [0.15, 0.2) is 23.5 Å². The van der Waals surface area contributed by atoms with Crippen LogP contribution >= 0.6 is 0 Å². The van der Waals surface area contributed by atoms with Gasteiger partial charge in [-0.2, -0.15) is 0 Å². The number of hydrogen-bond acceptors (Lipinski definition) is 8. The second-order valence-electron chi connectivity index (χ2n) is 9.14. The number of fused-ring (bicyclic) bond motifs is 2. The van der Waals surface area contributed by atoms with Crippen molar-refractivity contribution in [3.05, 3.63) is 23.5 Å². The summed E-state index contributed by atoms with van der Waals surface area (Å²) < 4.78 is 23.1. The molecule has 8 heteroatoms. The van der Waals surface area contributed by atoms with E-state index in [2.05, 4.69) is 0 Å². The Hall–Kier alpha value is -2.19. The van der Waals surface area contributed by atoms with Gasteiger partial charge in [-0.1, -0.05) is 13.8 Å². The Bertz CT molecular complexity index is 874. The fourth-order valence-electron chi connectivity index (χ4n) is 5.25. The second kappa shape index (κ2) is 6.65. The van der Waals surface area contributed by atoms with Crippen molar-refractivity contribution in [1.82, 2.24) is 0 Å². The third kappa shape index (κ3) is 2.69. The molecule has 4 rings (SSSR count). The lowest BCUT2D eigenvalue weighted by Crippen LogP contribution is -2.53. The smallest absolute Gasteiger partial charge is 0.318 e. The molecule has 2 bridgehead atoms. The molecule has 0 radical (unpaired) electrons. The lowest BCUT2D eigenvalue weighted by atomic mass is 9.66. The lowest BCUT2D eigenvalue weighted by molar-refractivity contribution is -0.267. The molecule has 1 unspecified atom stereocenters. The van der Waals surface area contributed by atoms with Gasteiger partial charge in [-0.05, 0) is 26.3 Å². The van der Waals surface area contributed by atoms with Gasteiger partial charge in [-0.3, -0.25) is 14.4 Å². The predicted octanol–water partition coefficient (Wildman–Crippen LogP) is 1.80. The molecule has 0 aromatic rings. The van der Waals surface area contributed by atoms with Crippen LogP contribution in [0.3, 0.4) is 0 Å². The molecule has 164 valence electrons. The van der Waals surface area contributed by atoms with Crippen molar-refractivity contribution in [2.75, 3.05) is 6.61 Å². The Kier molecular flexibility index (Phi) is 4.67. The molecule has 8 nitrogen and oxygen atoms in total. The van der Waals surface area contributed by atoms with Crippen molar-refractivity contribution in [3.8, 4) is 0 Å². The number of aliphatic hydroxyl groups is 1. The Morgan fingerprint density at radius 1 is 1.37 bits per heavy atom. The van der Waals surface area contributed by atoms with E-state index in [9.17, 15) is 19.5 Å². The minimum absolute atomic E-state index is 0.122. The van der Waals surface area contributed by atoms with Gasteiger partial charge in [-0.25, -0.2) is 0 Å². The second-order valence-corrected chi connectivity index (χ2v) is 9.14. The van der Waals surface area contributed by atoms with Crippen molar-refractivity contribution in [2.24, 2.45) is 17.3 Å². The number of esters is 2. The molecule has 30 heavy (non-hydrogen) atoms. The maximum absolute atomic E-state index is 13.1. The summed E-state index contributed by atoms with van der Waals surface area (Å²) in [5, 5.41) is 11.6. The van der Waals surface area contributed by atoms with E-state index in [4.69, 9.17) is 18.9 Å². The van der Waals surface area contributed by atoms with Crippen molar-refractivity contribution in [2.45, 2.75) is 71.1 Å². The van der Waals surface area contributed by atoms with Crippen LogP contribution in [-0.4, -0.2) is 53.0 Å². The van der Waals surface area contributed by atoms with Crippen molar-refractivity contribution >= 4 is 17.7 Å². The summed E-state index contributed by atoms with van der Waals surface area (Å²) in [7, 11) is 0. The van der Waals surface area contributed by atoms with Gasteiger partial charge < -0.3 is 24.1 Å². The van der Waals surface area contributed by atoms with E-state index in [1.165, 1.54) is 13.0 Å². The summed E-state index contributed by atoms with van der Waals surface area (Å²) in [5.41, 5.74) is -2.07. The first-order chi connectivity index (χ1) is 14.0. The normalized spacial score (nSPS) is 44.5. The Morgan fingerprint density at radius 3 is 2.70 bits per heavy atom. The van der Waals surface area contributed by atoms with E-state index in [1.54, 1.807) is 19.9 Å². The molecule has 7 atom stereocenters. The zero-order valence-electron chi connectivity index (χ0n) is 17.9. The molecule has 2 saturated heterocycles. The zero-order valence-corrected chi connectivity index (χ0v) is 17.9. The summed E-state index contributed by atoms with van der Waals surface area (Å²) in [6.07, 6.45) is 2.44. The molecule has 0 spiro atoms. The first kappa shape index (κ1) is 21.1. The number of hydrogen-bond donors (Lipinski definition) is 1. The highest BCUT2D eigenvalue weighted by atomic mass is 16.7. The summed E-state index contributed by atoms with van der Waals surface area (Å²) in [5.74, 6) is -3.56. The van der Waals surface area contributed by atoms with Crippen LogP contribution in [0.2, 0.25) is 0 Å². The van der Waals surface area contributed by atoms with Crippen molar-refractivity contribution in [1.29, 1.82) is 0 Å². The van der Waals surface area contributed by atoms with E-state index in [-0.39, 0.29) is 24.7 Å². The van der Waals surface area contributed by atoms with Crippen molar-refractivity contribution < 1.29 is 38.4 Å². The van der Waals surface area contributed by atoms with Crippen LogP contribution in [0.4, 0.5) is 0 Å². The van der Waals surface area contributed by atoms with E-state index in [1.807, 2.05) is 13.8 Å². The summed E-state index contributed by atoms with van der Waals surface area (Å²) >= 11 is 0. The molecule has 1 N–H and O–H groups in total. The van der Waals surface area contributed by atoms with E-state index in [0.29, 0.717) is 17.8 Å². The molecule has 4 aliphatic rings. The molecule has 0 amide bonds. The van der Waals surface area contributed by atoms with Crippen LogP contribution in [0, 0.1) is 17.3 Å². The minimum atomic E-state index is -1.74. The summed E-state index contributed by atoms with van der Waals surface area (Å²) in [6.45, 7) is 8.25. The first-order valence-corrected chi connectivity index (χ1v) is 10.4. The quantitative estimate of drug-likeness (QED) is 0.686. The van der Waals surface area contributed by atoms with Crippen LogP contribution in [0.1, 0.15) is 47.5 Å². The highest BCUT2D eigenvalue weighted by Crippen LogP contribution is 2.61. The molecule has 0 aromatic heterocycles. The molecule has 4 aliphatic heterocycles. The fourth-order valence-corrected chi connectivity index (χ4v) is 5.25. The standard InChI is InChI=1S/C22H28O8/c1-6-11(2)22(26)21(5)18-15(28-19(21)25)7-13(10-27-12(3)23)14-8-17(24)20(4,29-14)9-16(18)30-22/h7-8,11,15-16,18,26H,6,9-10H2,1-5H3/b13-7-/t11-,15?,16+,18+,20-,21-,22-/m1/s1. The number of ketones is 1. The van der Waals surface area contributed by atoms with E-state index in [0.717, 1.165) is 0 Å². The van der Waals surface area contributed by atoms with Gasteiger partial charge in [0.05, 0.1) is 6.10 Å². The van der Waals surface area contributed by atoms with Gasteiger partial charge in [0, 0.05) is 36.8 Å². The number of ether oxygens (including phenoxy) is 4. The molecule has 0 aromatic carbocycles. The van der Waals surface area contributed by atoms with Crippen LogP contribution in [-0.2, 0) is 33.3 Å². The number of carbonyl (C=O) groups excluding carboxylic acids is 3. The van der Waals surface area contributed by atoms with Gasteiger partial charge in [0.15, 0.2) is 11.4 Å². The van der Waals surface area contributed by atoms with Crippen molar-refractivity contribution in [3.63, 3.8) is 0 Å². The molecular weight excluding hydrogens is 392 g/mol. The predicted molar refractivity (Wildman–Crippen MR) is 103 cm³/mol. The largest absolute Gasteiger partial charge is 0.479 e. The van der Waals surface area contributed by atoms with Gasteiger partial charge in [-0.15, -0.1) is 0 Å². The molecular formula is C22H28O8. The molecule has 4 heterocycles. The van der Waals surface area contributed by atoms with Gasteiger partial charge in [0.1, 0.15) is 23.9 Å². The Labute approximate surface area is 175 Å². The third-order valence-corrected chi connectivity index (χ3v) is 7.27. The molecule has 2 fully saturated rings. The maximum atomic E-state index is 13.1. The highest BCUT2D eigenvalue weighted by molar-refractivity contribution is 6.00. The average Bonchev–Trinajstić information content (AvgIpc) is 3.20. The lowest BCUT2D eigenvalue weighted by Gasteiger charge is -2.38. The third-order valence-electron chi connectivity index (χ3n) is 7.27. The van der Waals surface area contributed by atoms with Gasteiger partial charge >= 0.3 is 11.9 Å². The van der Waals surface area contributed by atoms with Crippen LogP contribution in [0.25, 0.3) is 0 Å². The first-order valence-electron chi connectivity index (χ1n) is 10.4. The molecule has 0 aliphatic carbocycles. The number of carbonyl (C=O) groups is 3. The fraction of sp³-hybridized carbons (Fsp3) is 0.682. The topological polar surface area (TPSA) is 108 Å². The maximum Gasteiger partial charge on any atom is 0.318 e. The minimum Gasteiger partial charge on any atom is -0.479 e. The Morgan fingerprint density at radius 2 is 2.07 bits per heavy atom. The monoisotopic (exact) mass is 420 g/mol. The average molecular weight is 420 g/mol. The summed E-state index contributed by atoms with van der Waals surface area (Å²) in [6, 6.07) is 0. The van der Waals surface area contributed by atoms with E-state index < -0.39 is 46.9 Å². The zero-order chi connectivity index (χ0) is 22.1.